The molecule has 1 saturated heterocycles. The van der Waals surface area contributed by atoms with E-state index in [0.29, 0.717) is 13.1 Å². The molecule has 1 aromatic rings. The van der Waals surface area contributed by atoms with Crippen LogP contribution in [0.25, 0.3) is 0 Å². The number of para-hydroxylation sites is 2. The summed E-state index contributed by atoms with van der Waals surface area (Å²) in [6.45, 7) is 5.09. The first-order chi connectivity index (χ1) is 11.6. The molecule has 1 aromatic carbocycles. The molecule has 0 bridgehead atoms. The van der Waals surface area contributed by atoms with Crippen LogP contribution in [0.4, 0.5) is 10.5 Å². The van der Waals surface area contributed by atoms with Crippen LogP contribution in [0.1, 0.15) is 6.92 Å². The van der Waals surface area contributed by atoms with E-state index < -0.39 is 0 Å². The third-order valence-electron chi connectivity index (χ3n) is 4.38. The molecule has 6 nitrogen and oxygen atoms in total. The van der Waals surface area contributed by atoms with Gasteiger partial charge in [-0.1, -0.05) is 23.9 Å². The molecule has 1 fully saturated rings. The van der Waals surface area contributed by atoms with E-state index in [4.69, 9.17) is 4.74 Å². The lowest BCUT2D eigenvalue weighted by Gasteiger charge is -2.37. The van der Waals surface area contributed by atoms with E-state index in [9.17, 15) is 9.59 Å². The number of benzene rings is 1. The van der Waals surface area contributed by atoms with Crippen molar-refractivity contribution < 1.29 is 14.3 Å². The molecule has 0 aromatic heterocycles. The van der Waals surface area contributed by atoms with Crippen molar-refractivity contribution in [2.75, 3.05) is 50.4 Å². The van der Waals surface area contributed by atoms with E-state index in [0.717, 1.165) is 30.3 Å². The van der Waals surface area contributed by atoms with Gasteiger partial charge in [-0.3, -0.25) is 9.59 Å². The Balaban J connectivity index is 1.59. The third kappa shape index (κ3) is 3.61. The molecule has 0 radical (unpaired) electrons. The molecule has 3 rings (SSSR count). The van der Waals surface area contributed by atoms with Crippen molar-refractivity contribution in [2.45, 2.75) is 13.0 Å². The average molecular weight is 349 g/mol. The number of nitrogens with zero attached hydrogens (tertiary/aromatic N) is 3. The molecule has 0 spiro atoms. The first-order valence-electron chi connectivity index (χ1n) is 8.24. The minimum atomic E-state index is -0.0718. The highest BCUT2D eigenvalue weighted by Crippen LogP contribution is 2.32. The topological polar surface area (TPSA) is 53.1 Å². The number of carbonyl (C=O) groups is 2. The largest absolute Gasteiger partial charge is 0.485 e. The van der Waals surface area contributed by atoms with Crippen LogP contribution >= 0.6 is 11.8 Å². The van der Waals surface area contributed by atoms with E-state index in [1.165, 1.54) is 11.8 Å². The summed E-state index contributed by atoms with van der Waals surface area (Å²) in [5, 5.41) is -0.00301. The number of amides is 2. The van der Waals surface area contributed by atoms with Gasteiger partial charge in [-0.2, -0.15) is 0 Å². The highest BCUT2D eigenvalue weighted by Gasteiger charge is 2.28. The van der Waals surface area contributed by atoms with Crippen LogP contribution in [-0.4, -0.2) is 72.6 Å². The first-order valence-corrected chi connectivity index (χ1v) is 9.23. The number of hydrogen-bond acceptors (Lipinski definition) is 5. The standard InChI is InChI=1S/C17H23N3O3S/c1-3-19-11-13(23-15-7-5-4-6-14(15)19)10-18(2)16(21)12-20-8-9-24-17(20)22/h4-7,13H,3,8-12H2,1-2H3/t13-/m0/s1. The molecule has 7 heteroatoms. The van der Waals surface area contributed by atoms with Gasteiger partial charge >= 0.3 is 0 Å². The Labute approximate surface area is 146 Å². The Kier molecular flexibility index (Phi) is 5.18. The van der Waals surface area contributed by atoms with Gasteiger partial charge in [-0.15, -0.1) is 0 Å². The maximum atomic E-state index is 12.4. The zero-order chi connectivity index (χ0) is 17.1. The Morgan fingerprint density at radius 1 is 1.38 bits per heavy atom. The van der Waals surface area contributed by atoms with Gasteiger partial charge in [0.05, 0.1) is 18.8 Å². The Bertz CT molecular complexity index is 625. The average Bonchev–Trinajstić information content (AvgIpc) is 2.98. The van der Waals surface area contributed by atoms with Crippen LogP contribution in [0.2, 0.25) is 0 Å². The van der Waals surface area contributed by atoms with E-state index in [1.807, 2.05) is 18.2 Å². The minimum Gasteiger partial charge on any atom is -0.485 e. The van der Waals surface area contributed by atoms with Crippen LogP contribution in [0.15, 0.2) is 24.3 Å². The molecule has 24 heavy (non-hydrogen) atoms. The molecule has 130 valence electrons. The van der Waals surface area contributed by atoms with Crippen molar-refractivity contribution in [3.05, 3.63) is 24.3 Å². The quantitative estimate of drug-likeness (QED) is 0.813. The van der Waals surface area contributed by atoms with E-state index in [1.54, 1.807) is 16.8 Å². The van der Waals surface area contributed by atoms with Gasteiger partial charge in [0, 0.05) is 25.9 Å². The smallest absolute Gasteiger partial charge is 0.282 e. The maximum absolute atomic E-state index is 12.4. The first kappa shape index (κ1) is 17.0. The molecule has 2 aliphatic rings. The number of fused-ring (bicyclic) bond motifs is 1. The summed E-state index contributed by atoms with van der Waals surface area (Å²) < 4.78 is 6.06. The minimum absolute atomic E-state index is 0.00301. The molecule has 0 saturated carbocycles. The lowest BCUT2D eigenvalue weighted by atomic mass is 10.2. The Morgan fingerprint density at radius 3 is 2.88 bits per heavy atom. The van der Waals surface area contributed by atoms with Crippen LogP contribution in [0.5, 0.6) is 5.75 Å². The molecule has 1 atom stereocenters. The predicted octanol–water partition coefficient (Wildman–Crippen LogP) is 1.90. The summed E-state index contributed by atoms with van der Waals surface area (Å²) in [5.74, 6) is 1.59. The number of thioether (sulfide) groups is 1. The van der Waals surface area contributed by atoms with Gasteiger partial charge in [-0.25, -0.2) is 0 Å². The van der Waals surface area contributed by atoms with Gasteiger partial charge in [0.15, 0.2) is 0 Å². The summed E-state index contributed by atoms with van der Waals surface area (Å²) in [6, 6.07) is 7.99. The van der Waals surface area contributed by atoms with Crippen molar-refractivity contribution in [1.82, 2.24) is 9.80 Å². The molecular formula is C17H23N3O3S. The summed E-state index contributed by atoms with van der Waals surface area (Å²) in [4.78, 5) is 29.5. The van der Waals surface area contributed by atoms with E-state index in [2.05, 4.69) is 17.9 Å². The van der Waals surface area contributed by atoms with Crippen LogP contribution in [0.3, 0.4) is 0 Å². The SMILES string of the molecule is CCN1C[C@H](CN(C)C(=O)CN2CCSC2=O)Oc2ccccc21. The van der Waals surface area contributed by atoms with Crippen molar-refractivity contribution >= 4 is 28.6 Å². The second-order valence-electron chi connectivity index (χ2n) is 6.06. The highest BCUT2D eigenvalue weighted by atomic mass is 32.2. The number of anilines is 1. The molecule has 0 aliphatic carbocycles. The normalized spacial score (nSPS) is 19.9. The molecule has 0 N–H and O–H groups in total. The number of ether oxygens (including phenoxy) is 1. The van der Waals surface area contributed by atoms with Crippen molar-refractivity contribution in [1.29, 1.82) is 0 Å². The van der Waals surface area contributed by atoms with Gasteiger partial charge in [0.2, 0.25) is 5.91 Å². The fourth-order valence-electron chi connectivity index (χ4n) is 3.03. The molecule has 2 amide bonds. The van der Waals surface area contributed by atoms with Gasteiger partial charge < -0.3 is 19.4 Å². The zero-order valence-electron chi connectivity index (χ0n) is 14.1. The summed E-state index contributed by atoms with van der Waals surface area (Å²) in [6.07, 6.45) is -0.0718. The Morgan fingerprint density at radius 2 is 2.17 bits per heavy atom. The molecule has 2 heterocycles. The maximum Gasteiger partial charge on any atom is 0.282 e. The van der Waals surface area contributed by atoms with Crippen LogP contribution < -0.4 is 9.64 Å². The second kappa shape index (κ2) is 7.34. The van der Waals surface area contributed by atoms with Crippen molar-refractivity contribution in [3.8, 4) is 5.75 Å². The van der Waals surface area contributed by atoms with Gasteiger partial charge in [0.1, 0.15) is 18.4 Å². The predicted molar refractivity (Wildman–Crippen MR) is 95.8 cm³/mol. The molecule has 0 unspecified atom stereocenters. The fraction of sp³-hybridized carbons (Fsp3) is 0.529. The lowest BCUT2D eigenvalue weighted by molar-refractivity contribution is -0.131. The van der Waals surface area contributed by atoms with E-state index in [-0.39, 0.29) is 23.8 Å². The number of carbonyl (C=O) groups excluding carboxylic acids is 2. The van der Waals surface area contributed by atoms with Gasteiger partial charge in [0.25, 0.3) is 5.24 Å². The number of likely N-dealkylation sites (N-methyl/N-ethyl adjacent to an activating group) is 2. The summed E-state index contributed by atoms with van der Waals surface area (Å²) in [7, 11) is 1.77. The van der Waals surface area contributed by atoms with Gasteiger partial charge in [-0.05, 0) is 19.1 Å². The van der Waals surface area contributed by atoms with Crippen molar-refractivity contribution in [3.63, 3.8) is 0 Å². The monoisotopic (exact) mass is 349 g/mol. The zero-order valence-corrected chi connectivity index (χ0v) is 14.9. The number of rotatable bonds is 5. The lowest BCUT2D eigenvalue weighted by Crippen LogP contribution is -2.48. The summed E-state index contributed by atoms with van der Waals surface area (Å²) in [5.41, 5.74) is 1.10. The van der Waals surface area contributed by atoms with Crippen molar-refractivity contribution in [2.24, 2.45) is 0 Å². The van der Waals surface area contributed by atoms with Crippen LogP contribution in [-0.2, 0) is 4.79 Å². The molecule has 2 aliphatic heterocycles. The van der Waals surface area contributed by atoms with Crippen LogP contribution in [0, 0.1) is 0 Å². The Hall–Kier alpha value is -1.89. The fourth-order valence-corrected chi connectivity index (χ4v) is 3.86. The molecular weight excluding hydrogens is 326 g/mol. The van der Waals surface area contributed by atoms with E-state index >= 15 is 0 Å². The summed E-state index contributed by atoms with van der Waals surface area (Å²) >= 11 is 1.28. The highest BCUT2D eigenvalue weighted by molar-refractivity contribution is 8.13. The third-order valence-corrected chi connectivity index (χ3v) is 5.27. The second-order valence-corrected chi connectivity index (χ2v) is 7.10. The number of hydrogen-bond donors (Lipinski definition) is 0.